The Kier molecular flexibility index (Phi) is 7.45. The topological polar surface area (TPSA) is 107 Å². The molecule has 0 aliphatic carbocycles. The fourth-order valence-electron chi connectivity index (χ4n) is 4.58. The van der Waals surface area contributed by atoms with Crippen LogP contribution in [0.25, 0.3) is 0 Å². The molecule has 2 fully saturated rings. The summed E-state index contributed by atoms with van der Waals surface area (Å²) in [6.45, 7) is 1.50. The lowest BCUT2D eigenvalue weighted by atomic mass is 9.89. The third-order valence-corrected chi connectivity index (χ3v) is 5.91. The number of benzene rings is 1. The molecule has 4 rings (SSSR count). The molecule has 3 atom stereocenters. The monoisotopic (exact) mass is 446 g/mol. The summed E-state index contributed by atoms with van der Waals surface area (Å²) in [5, 5.41) is 10.6. The van der Waals surface area contributed by atoms with Gasteiger partial charge in [0.15, 0.2) is 0 Å². The molecule has 2 aliphatic rings. The minimum absolute atomic E-state index is 0.0688. The number of carbonyl (C=O) groups excluding carboxylic acids is 2. The van der Waals surface area contributed by atoms with Gasteiger partial charge in [-0.25, -0.2) is 9.18 Å². The molecule has 1 aromatic heterocycles. The first-order valence-corrected chi connectivity index (χ1v) is 10.3. The Morgan fingerprint density at radius 2 is 2.03 bits per heavy atom. The van der Waals surface area contributed by atoms with E-state index in [1.165, 1.54) is 12.1 Å². The minimum atomic E-state index is -0.318. The van der Waals surface area contributed by atoms with Crippen molar-refractivity contribution in [3.8, 4) is 0 Å². The van der Waals surface area contributed by atoms with Crippen molar-refractivity contribution in [1.29, 1.82) is 0 Å². The third kappa shape index (κ3) is 5.06. The molecule has 2 aromatic rings. The van der Waals surface area contributed by atoms with Crippen molar-refractivity contribution in [3.05, 3.63) is 53.7 Å². The molecule has 1 N–H and O–H groups in total. The zero-order valence-electron chi connectivity index (χ0n) is 18.1. The van der Waals surface area contributed by atoms with E-state index in [9.17, 15) is 14.0 Å². The second kappa shape index (κ2) is 10.3. The lowest BCUT2D eigenvalue weighted by Crippen LogP contribution is -2.42. The van der Waals surface area contributed by atoms with Crippen LogP contribution in [0.1, 0.15) is 23.8 Å². The summed E-state index contributed by atoms with van der Waals surface area (Å²) in [6.07, 6.45) is 2.45. The van der Waals surface area contributed by atoms with E-state index in [1.54, 1.807) is 37.3 Å². The number of hydrogen-bond donors (Lipinski definition) is 1. The first-order valence-electron chi connectivity index (χ1n) is 10.3. The number of amides is 3. The lowest BCUT2D eigenvalue weighted by molar-refractivity contribution is -0.130. The fraction of sp³-hybridized carbons (Fsp3) is 0.455. The third-order valence-electron chi connectivity index (χ3n) is 5.91. The Hall–Kier alpha value is -3.43. The fourth-order valence-corrected chi connectivity index (χ4v) is 4.58. The number of halogens is 1. The van der Waals surface area contributed by atoms with E-state index in [4.69, 9.17) is 14.4 Å². The van der Waals surface area contributed by atoms with Gasteiger partial charge < -0.3 is 24.3 Å². The van der Waals surface area contributed by atoms with Gasteiger partial charge >= 0.3 is 6.03 Å². The average molecular weight is 446 g/mol. The first kappa shape index (κ1) is 23.2. The van der Waals surface area contributed by atoms with Crippen LogP contribution >= 0.6 is 0 Å². The number of hydrogen-bond acceptors (Lipinski definition) is 5. The smallest absolute Gasteiger partial charge is 0.320 e. The molecule has 1 aromatic carbocycles. The van der Waals surface area contributed by atoms with Crippen LogP contribution < -0.4 is 0 Å². The standard InChI is InChI=1S/C21H25FN4O3.CH2O2/c1-24(2)21(28)26-12-15-11-25(19(27)7-6-17-8-9-23-29-17)13-18(15)20(26)14-4-3-5-16(22)10-14;2-1-3/h3-5,8-10,15,18,20H,6-7,11-13H2,1-2H3;1H,(H,2,3)/t15-,18-,20-;/m1./s1. The number of urea groups is 1. The summed E-state index contributed by atoms with van der Waals surface area (Å²) in [7, 11) is 3.44. The van der Waals surface area contributed by atoms with Crippen molar-refractivity contribution in [2.45, 2.75) is 18.9 Å². The maximum atomic E-state index is 13.9. The highest BCUT2D eigenvalue weighted by molar-refractivity contribution is 5.77. The molecule has 0 spiro atoms. The molecule has 0 bridgehead atoms. The van der Waals surface area contributed by atoms with Gasteiger partial charge in [0.25, 0.3) is 6.47 Å². The summed E-state index contributed by atoms with van der Waals surface area (Å²) in [4.78, 5) is 39.1. The Labute approximate surface area is 185 Å². The highest BCUT2D eigenvalue weighted by atomic mass is 19.1. The van der Waals surface area contributed by atoms with E-state index in [0.717, 1.165) is 5.56 Å². The average Bonchev–Trinajstić information content (AvgIpc) is 3.48. The van der Waals surface area contributed by atoms with Gasteiger partial charge in [-0.1, -0.05) is 17.3 Å². The lowest BCUT2D eigenvalue weighted by Gasteiger charge is -2.32. The van der Waals surface area contributed by atoms with Gasteiger partial charge in [-0.15, -0.1) is 0 Å². The van der Waals surface area contributed by atoms with E-state index in [2.05, 4.69) is 5.16 Å². The Bertz CT molecular complexity index is 936. The second-order valence-electron chi connectivity index (χ2n) is 8.14. The van der Waals surface area contributed by atoms with Gasteiger partial charge in [-0.05, 0) is 17.7 Å². The quantitative estimate of drug-likeness (QED) is 0.722. The molecular formula is C22H27FN4O5. The Morgan fingerprint density at radius 1 is 1.28 bits per heavy atom. The number of aromatic nitrogens is 1. The van der Waals surface area contributed by atoms with E-state index in [-0.39, 0.29) is 42.1 Å². The van der Waals surface area contributed by atoms with Gasteiger partial charge in [0.05, 0.1) is 12.2 Å². The SMILES string of the molecule is CN(C)C(=O)N1C[C@H]2CN(C(=O)CCc3ccno3)C[C@H]2[C@H]1c1cccc(F)c1.O=CO. The van der Waals surface area contributed by atoms with Crippen molar-refractivity contribution in [3.63, 3.8) is 0 Å². The maximum absolute atomic E-state index is 13.9. The molecule has 0 radical (unpaired) electrons. The van der Waals surface area contributed by atoms with E-state index >= 15 is 0 Å². The van der Waals surface area contributed by atoms with Gasteiger partial charge in [-0.2, -0.15) is 0 Å². The van der Waals surface area contributed by atoms with Crippen LogP contribution in [-0.2, 0) is 16.0 Å². The van der Waals surface area contributed by atoms with Crippen molar-refractivity contribution >= 4 is 18.4 Å². The summed E-state index contributed by atoms with van der Waals surface area (Å²) < 4.78 is 19.0. The molecule has 2 saturated heterocycles. The van der Waals surface area contributed by atoms with Crippen LogP contribution in [0.15, 0.2) is 41.1 Å². The van der Waals surface area contributed by atoms with Gasteiger partial charge in [0, 0.05) is 64.5 Å². The zero-order chi connectivity index (χ0) is 23.3. The Morgan fingerprint density at radius 3 is 2.66 bits per heavy atom. The summed E-state index contributed by atoms with van der Waals surface area (Å²) in [5.41, 5.74) is 0.781. The van der Waals surface area contributed by atoms with Crippen LogP contribution in [-0.4, -0.2) is 77.1 Å². The molecule has 172 valence electrons. The molecular weight excluding hydrogens is 419 g/mol. The normalized spacial score (nSPS) is 21.5. The highest BCUT2D eigenvalue weighted by Gasteiger charge is 2.50. The summed E-state index contributed by atoms with van der Waals surface area (Å²) in [6, 6.07) is 7.87. The van der Waals surface area contributed by atoms with Crippen LogP contribution in [0.2, 0.25) is 0 Å². The predicted octanol–water partition coefficient (Wildman–Crippen LogP) is 2.26. The number of rotatable bonds is 4. The largest absolute Gasteiger partial charge is 0.483 e. The molecule has 32 heavy (non-hydrogen) atoms. The van der Waals surface area contributed by atoms with E-state index < -0.39 is 0 Å². The molecule has 10 heteroatoms. The van der Waals surface area contributed by atoms with Crippen molar-refractivity contribution in [2.75, 3.05) is 33.7 Å². The molecule has 2 aliphatic heterocycles. The second-order valence-corrected chi connectivity index (χ2v) is 8.14. The number of carboxylic acid groups (broad SMARTS) is 1. The number of carbonyl (C=O) groups is 3. The van der Waals surface area contributed by atoms with Gasteiger partial charge in [0.2, 0.25) is 5.91 Å². The summed E-state index contributed by atoms with van der Waals surface area (Å²) in [5.74, 6) is 0.718. The van der Waals surface area contributed by atoms with Crippen LogP contribution in [0.5, 0.6) is 0 Å². The molecule has 0 unspecified atom stereocenters. The predicted molar refractivity (Wildman–Crippen MR) is 112 cm³/mol. The summed E-state index contributed by atoms with van der Waals surface area (Å²) >= 11 is 0. The van der Waals surface area contributed by atoms with Crippen molar-refractivity contribution in [1.82, 2.24) is 19.9 Å². The molecule has 3 amide bonds. The highest BCUT2D eigenvalue weighted by Crippen LogP contribution is 2.45. The van der Waals surface area contributed by atoms with E-state index in [1.807, 2.05) is 15.9 Å². The first-order chi connectivity index (χ1) is 15.3. The molecule has 3 heterocycles. The van der Waals surface area contributed by atoms with Crippen molar-refractivity contribution < 1.29 is 28.4 Å². The van der Waals surface area contributed by atoms with Gasteiger partial charge in [0.1, 0.15) is 11.6 Å². The van der Waals surface area contributed by atoms with Crippen LogP contribution in [0, 0.1) is 17.7 Å². The zero-order valence-corrected chi connectivity index (χ0v) is 18.1. The number of aryl methyl sites for hydroxylation is 1. The minimum Gasteiger partial charge on any atom is -0.483 e. The maximum Gasteiger partial charge on any atom is 0.320 e. The van der Waals surface area contributed by atoms with Gasteiger partial charge in [-0.3, -0.25) is 9.59 Å². The molecule has 0 saturated carbocycles. The van der Waals surface area contributed by atoms with Crippen LogP contribution in [0.4, 0.5) is 9.18 Å². The van der Waals surface area contributed by atoms with E-state index in [0.29, 0.717) is 38.2 Å². The number of nitrogens with zero attached hydrogens (tertiary/aromatic N) is 4. The van der Waals surface area contributed by atoms with Crippen LogP contribution in [0.3, 0.4) is 0 Å². The number of fused-ring (bicyclic) bond motifs is 1. The number of likely N-dealkylation sites (tertiary alicyclic amines) is 2. The molecule has 9 nitrogen and oxygen atoms in total. The Balaban J connectivity index is 0.000000913. The van der Waals surface area contributed by atoms with Crippen molar-refractivity contribution in [2.24, 2.45) is 11.8 Å².